The summed E-state index contributed by atoms with van der Waals surface area (Å²) in [6.45, 7) is 8.73. The van der Waals surface area contributed by atoms with E-state index in [1.54, 1.807) is 0 Å². The second-order valence-corrected chi connectivity index (χ2v) is 9.36. The zero-order chi connectivity index (χ0) is 22.5. The van der Waals surface area contributed by atoms with Crippen molar-refractivity contribution in [1.29, 1.82) is 0 Å². The molecule has 0 N–H and O–H groups in total. The number of carbonyl (C=O) groups is 1. The number of anilines is 1. The molecule has 1 atom stereocenters. The summed E-state index contributed by atoms with van der Waals surface area (Å²) in [5.74, 6) is 1.93. The van der Waals surface area contributed by atoms with Gasteiger partial charge in [0, 0.05) is 11.1 Å². The van der Waals surface area contributed by atoms with E-state index >= 15 is 0 Å². The van der Waals surface area contributed by atoms with Gasteiger partial charge in [0.15, 0.2) is 0 Å². The molecule has 5 rings (SSSR count). The quantitative estimate of drug-likeness (QED) is 0.462. The first kappa shape index (κ1) is 20.5. The number of para-hydroxylation sites is 1. The third kappa shape index (κ3) is 3.40. The predicted molar refractivity (Wildman–Crippen MR) is 130 cm³/mol. The van der Waals surface area contributed by atoms with Crippen molar-refractivity contribution in [3.63, 3.8) is 0 Å². The maximum atomic E-state index is 13.6. The Morgan fingerprint density at radius 1 is 1.03 bits per heavy atom. The Balaban J connectivity index is 1.54. The fourth-order valence-electron chi connectivity index (χ4n) is 5.03. The summed E-state index contributed by atoms with van der Waals surface area (Å²) in [6, 6.07) is 21.7. The molecule has 0 saturated heterocycles. The summed E-state index contributed by atoms with van der Waals surface area (Å²) in [5, 5.41) is 0. The van der Waals surface area contributed by atoms with Crippen LogP contribution in [0.1, 0.15) is 56.7 Å². The number of rotatable bonds is 4. The van der Waals surface area contributed by atoms with Crippen molar-refractivity contribution >= 4 is 23.0 Å². The molecule has 0 aliphatic carbocycles. The van der Waals surface area contributed by atoms with Crippen molar-refractivity contribution in [3.05, 3.63) is 83.4 Å². The minimum Gasteiger partial charge on any atom is -0.457 e. The highest BCUT2D eigenvalue weighted by Crippen LogP contribution is 2.49. The zero-order valence-corrected chi connectivity index (χ0v) is 19.1. The lowest BCUT2D eigenvalue weighted by Crippen LogP contribution is -2.50. The molecule has 4 heteroatoms. The Morgan fingerprint density at radius 2 is 1.72 bits per heavy atom. The summed E-state index contributed by atoms with van der Waals surface area (Å²) >= 11 is 0. The Bertz CT molecular complexity index is 1210. The van der Waals surface area contributed by atoms with Crippen molar-refractivity contribution in [1.82, 2.24) is 0 Å². The van der Waals surface area contributed by atoms with E-state index in [2.05, 4.69) is 39.8 Å². The van der Waals surface area contributed by atoms with Gasteiger partial charge in [0.2, 0.25) is 0 Å². The Labute approximate surface area is 189 Å². The van der Waals surface area contributed by atoms with E-state index < -0.39 is 0 Å². The van der Waals surface area contributed by atoms with Gasteiger partial charge in [0.25, 0.3) is 5.91 Å². The number of nitrogens with zero attached hydrogens (tertiary/aromatic N) is 2. The number of aliphatic imine (C=N–C) groups is 1. The smallest absolute Gasteiger partial charge is 0.278 e. The van der Waals surface area contributed by atoms with Crippen LogP contribution in [0.5, 0.6) is 11.5 Å². The van der Waals surface area contributed by atoms with E-state index in [1.165, 1.54) is 11.1 Å². The minimum absolute atomic E-state index is 0.00369. The van der Waals surface area contributed by atoms with Crippen LogP contribution in [0.4, 0.5) is 11.4 Å². The molecule has 3 aromatic carbocycles. The molecule has 0 radical (unpaired) electrons. The van der Waals surface area contributed by atoms with Gasteiger partial charge in [-0.1, -0.05) is 38.1 Å². The van der Waals surface area contributed by atoms with Crippen molar-refractivity contribution in [2.45, 2.75) is 52.0 Å². The standard InChI is InChI=1S/C28H28N2O2/c1-5-19-15-23-18(2)17-28(3,4)30-26(23)24(16-19)25(27(30)31)29-20-11-13-22(14-12-20)32-21-9-7-6-8-10-21/h6-16,18H,5,17H2,1-4H3/t18-/m0/s1. The molecule has 0 spiro atoms. The van der Waals surface area contributed by atoms with Crippen molar-refractivity contribution in [2.24, 2.45) is 4.99 Å². The molecule has 2 heterocycles. The summed E-state index contributed by atoms with van der Waals surface area (Å²) in [6.07, 6.45) is 1.88. The van der Waals surface area contributed by atoms with Gasteiger partial charge in [-0.15, -0.1) is 0 Å². The lowest BCUT2D eigenvalue weighted by atomic mass is 9.79. The summed E-state index contributed by atoms with van der Waals surface area (Å²) in [7, 11) is 0. The number of amides is 1. The topological polar surface area (TPSA) is 41.9 Å². The summed E-state index contributed by atoms with van der Waals surface area (Å²) in [4.78, 5) is 20.4. The fraction of sp³-hybridized carbons (Fsp3) is 0.286. The molecule has 0 unspecified atom stereocenters. The largest absolute Gasteiger partial charge is 0.457 e. The van der Waals surface area contributed by atoms with Gasteiger partial charge in [-0.05, 0) is 86.2 Å². The third-order valence-electron chi connectivity index (χ3n) is 6.49. The molecule has 0 aromatic heterocycles. The number of carbonyl (C=O) groups excluding carboxylic acids is 1. The first-order valence-electron chi connectivity index (χ1n) is 11.3. The zero-order valence-electron chi connectivity index (χ0n) is 19.1. The molecular weight excluding hydrogens is 396 g/mol. The highest BCUT2D eigenvalue weighted by molar-refractivity contribution is 6.55. The van der Waals surface area contributed by atoms with E-state index in [9.17, 15) is 4.79 Å². The molecule has 0 fully saturated rings. The summed E-state index contributed by atoms with van der Waals surface area (Å²) < 4.78 is 5.88. The number of benzene rings is 3. The van der Waals surface area contributed by atoms with Gasteiger partial charge in [-0.25, -0.2) is 4.99 Å². The van der Waals surface area contributed by atoms with E-state index in [0.29, 0.717) is 11.6 Å². The normalized spacial score (nSPS) is 19.9. The first-order chi connectivity index (χ1) is 15.4. The Morgan fingerprint density at radius 3 is 2.41 bits per heavy atom. The first-order valence-corrected chi connectivity index (χ1v) is 11.3. The van der Waals surface area contributed by atoms with Crippen LogP contribution in [0.2, 0.25) is 0 Å². The molecule has 0 saturated carbocycles. The van der Waals surface area contributed by atoms with Crippen LogP contribution in [0.3, 0.4) is 0 Å². The van der Waals surface area contributed by atoms with E-state index in [1.807, 2.05) is 59.5 Å². The highest BCUT2D eigenvalue weighted by Gasteiger charge is 2.48. The minimum atomic E-state index is -0.239. The Hall–Kier alpha value is -3.40. The molecule has 3 aromatic rings. The van der Waals surface area contributed by atoms with Crippen molar-refractivity contribution in [2.75, 3.05) is 4.90 Å². The van der Waals surface area contributed by atoms with Gasteiger partial charge in [-0.2, -0.15) is 0 Å². The monoisotopic (exact) mass is 424 g/mol. The van der Waals surface area contributed by atoms with Crippen LogP contribution < -0.4 is 9.64 Å². The fourth-order valence-corrected chi connectivity index (χ4v) is 5.03. The lowest BCUT2D eigenvalue weighted by molar-refractivity contribution is -0.113. The van der Waals surface area contributed by atoms with Crippen LogP contribution >= 0.6 is 0 Å². The molecular formula is C28H28N2O2. The average molecular weight is 425 g/mol. The maximum Gasteiger partial charge on any atom is 0.278 e. The lowest BCUT2D eigenvalue weighted by Gasteiger charge is -2.43. The molecule has 1 amide bonds. The van der Waals surface area contributed by atoms with E-state index in [0.717, 1.165) is 41.3 Å². The van der Waals surface area contributed by atoms with Gasteiger partial charge in [-0.3, -0.25) is 4.79 Å². The van der Waals surface area contributed by atoms with E-state index in [4.69, 9.17) is 9.73 Å². The van der Waals surface area contributed by atoms with E-state index in [-0.39, 0.29) is 11.4 Å². The van der Waals surface area contributed by atoms with Crippen molar-refractivity contribution < 1.29 is 9.53 Å². The second kappa shape index (κ2) is 7.63. The third-order valence-corrected chi connectivity index (χ3v) is 6.49. The molecule has 2 aliphatic heterocycles. The number of ether oxygens (including phenoxy) is 1. The summed E-state index contributed by atoms with van der Waals surface area (Å²) in [5.41, 5.74) is 5.58. The van der Waals surface area contributed by atoms with Crippen LogP contribution in [0.25, 0.3) is 0 Å². The molecule has 4 nitrogen and oxygen atoms in total. The van der Waals surface area contributed by atoms with Crippen LogP contribution in [0.15, 0.2) is 71.7 Å². The average Bonchev–Trinajstić information content (AvgIpc) is 3.06. The molecule has 0 bridgehead atoms. The number of aryl methyl sites for hydroxylation is 1. The van der Waals surface area contributed by atoms with Gasteiger partial charge in [0.1, 0.15) is 17.2 Å². The second-order valence-electron chi connectivity index (χ2n) is 9.36. The van der Waals surface area contributed by atoms with Gasteiger partial charge < -0.3 is 9.64 Å². The molecule has 162 valence electrons. The van der Waals surface area contributed by atoms with Crippen molar-refractivity contribution in [3.8, 4) is 11.5 Å². The van der Waals surface area contributed by atoms with Crippen LogP contribution in [-0.4, -0.2) is 17.2 Å². The van der Waals surface area contributed by atoms with Crippen LogP contribution in [0, 0.1) is 0 Å². The van der Waals surface area contributed by atoms with Gasteiger partial charge in [0.05, 0.1) is 11.4 Å². The SMILES string of the molecule is CCc1cc2c3c(c1)[C@@H](C)CC(C)(C)N3C(=O)C2=Nc1ccc(Oc2ccccc2)cc1. The predicted octanol–water partition coefficient (Wildman–Crippen LogP) is 6.79. The Kier molecular flexibility index (Phi) is 4.89. The highest BCUT2D eigenvalue weighted by atomic mass is 16.5. The van der Waals surface area contributed by atoms with Crippen LogP contribution in [-0.2, 0) is 11.2 Å². The molecule has 2 aliphatic rings. The maximum absolute atomic E-state index is 13.6. The number of hydrogen-bond acceptors (Lipinski definition) is 3. The number of hydrogen-bond donors (Lipinski definition) is 0. The van der Waals surface area contributed by atoms with Gasteiger partial charge >= 0.3 is 0 Å². The molecule has 32 heavy (non-hydrogen) atoms.